The molecular weight excluding hydrogens is 200 g/mol. The molecule has 16 heavy (non-hydrogen) atoms. The molecule has 1 aromatic heterocycles. The highest BCUT2D eigenvalue weighted by Gasteiger charge is 1.96. The Hall–Kier alpha value is -1.84. The lowest BCUT2D eigenvalue weighted by Gasteiger charge is -2.06. The van der Waals surface area contributed by atoms with E-state index in [2.05, 4.69) is 34.5 Å². The predicted molar refractivity (Wildman–Crippen MR) is 64.8 cm³/mol. The third kappa shape index (κ3) is 2.59. The van der Waals surface area contributed by atoms with E-state index in [1.54, 1.807) is 11.0 Å². The van der Waals surface area contributed by atoms with Crippen LogP contribution in [0.3, 0.4) is 0 Å². The number of rotatable bonds is 5. The van der Waals surface area contributed by atoms with Crippen LogP contribution in [0.2, 0.25) is 0 Å². The second-order valence-electron chi connectivity index (χ2n) is 3.67. The van der Waals surface area contributed by atoms with Gasteiger partial charge in [-0.05, 0) is 30.7 Å². The summed E-state index contributed by atoms with van der Waals surface area (Å²) in [5, 5.41) is 7.45. The van der Waals surface area contributed by atoms with Gasteiger partial charge in [0.2, 0.25) is 0 Å². The Balaban J connectivity index is 2.00. The number of nitrogens with one attached hydrogen (secondary N) is 1. The van der Waals surface area contributed by atoms with E-state index in [-0.39, 0.29) is 0 Å². The fourth-order valence-electron chi connectivity index (χ4n) is 1.48. The lowest BCUT2D eigenvalue weighted by atomic mass is 10.2. The Morgan fingerprint density at radius 1 is 1.25 bits per heavy atom. The van der Waals surface area contributed by atoms with E-state index in [1.807, 2.05) is 12.1 Å². The Morgan fingerprint density at radius 2 is 2.06 bits per heavy atom. The van der Waals surface area contributed by atoms with Crippen molar-refractivity contribution in [3.8, 4) is 5.69 Å². The fraction of sp³-hybridized carbons (Fsp3) is 0.333. The molecule has 0 aliphatic heterocycles. The van der Waals surface area contributed by atoms with E-state index in [9.17, 15) is 0 Å². The van der Waals surface area contributed by atoms with Crippen LogP contribution in [0.5, 0.6) is 0 Å². The van der Waals surface area contributed by atoms with Crippen molar-refractivity contribution >= 4 is 5.69 Å². The van der Waals surface area contributed by atoms with Crippen molar-refractivity contribution in [3.63, 3.8) is 0 Å². The highest BCUT2D eigenvalue weighted by atomic mass is 15.3. The summed E-state index contributed by atoms with van der Waals surface area (Å²) >= 11 is 0. The molecule has 0 atom stereocenters. The maximum atomic E-state index is 4.08. The van der Waals surface area contributed by atoms with E-state index in [4.69, 9.17) is 0 Å². The Bertz CT molecular complexity index is 405. The molecule has 1 aromatic carbocycles. The molecule has 1 heterocycles. The van der Waals surface area contributed by atoms with Crippen LogP contribution in [-0.4, -0.2) is 21.3 Å². The molecule has 0 fully saturated rings. The van der Waals surface area contributed by atoms with Gasteiger partial charge in [0.15, 0.2) is 0 Å². The molecule has 0 unspecified atom stereocenters. The maximum absolute atomic E-state index is 4.08. The van der Waals surface area contributed by atoms with Crippen LogP contribution in [0.4, 0.5) is 5.69 Å². The van der Waals surface area contributed by atoms with Crippen molar-refractivity contribution in [1.82, 2.24) is 14.8 Å². The summed E-state index contributed by atoms with van der Waals surface area (Å²) in [6.45, 7) is 3.22. The minimum absolute atomic E-state index is 1.03. The van der Waals surface area contributed by atoms with Gasteiger partial charge in [-0.3, -0.25) is 0 Å². The second-order valence-corrected chi connectivity index (χ2v) is 3.67. The topological polar surface area (TPSA) is 42.7 Å². The number of hydrogen-bond donors (Lipinski definition) is 1. The molecule has 0 aliphatic rings. The van der Waals surface area contributed by atoms with Gasteiger partial charge in [0.05, 0.1) is 5.69 Å². The van der Waals surface area contributed by atoms with Gasteiger partial charge in [0, 0.05) is 12.2 Å². The summed E-state index contributed by atoms with van der Waals surface area (Å²) in [4.78, 5) is 3.92. The molecule has 0 saturated carbocycles. The van der Waals surface area contributed by atoms with E-state index in [1.165, 1.54) is 19.2 Å². The van der Waals surface area contributed by atoms with Crippen molar-refractivity contribution in [1.29, 1.82) is 0 Å². The molecule has 0 amide bonds. The molecule has 4 heteroatoms. The van der Waals surface area contributed by atoms with Crippen LogP contribution >= 0.6 is 0 Å². The van der Waals surface area contributed by atoms with Gasteiger partial charge in [0.25, 0.3) is 0 Å². The molecule has 0 radical (unpaired) electrons. The normalized spacial score (nSPS) is 10.3. The van der Waals surface area contributed by atoms with Crippen molar-refractivity contribution in [2.45, 2.75) is 19.8 Å². The summed E-state index contributed by atoms with van der Waals surface area (Å²) in [7, 11) is 0. The molecule has 1 N–H and O–H groups in total. The first-order valence-electron chi connectivity index (χ1n) is 5.59. The van der Waals surface area contributed by atoms with Gasteiger partial charge in [-0.25, -0.2) is 9.67 Å². The molecule has 0 spiro atoms. The summed E-state index contributed by atoms with van der Waals surface area (Å²) < 4.78 is 1.75. The second kappa shape index (κ2) is 5.30. The number of anilines is 1. The van der Waals surface area contributed by atoms with Crippen molar-refractivity contribution < 1.29 is 0 Å². The number of benzene rings is 1. The molecule has 0 bridgehead atoms. The molecule has 0 aliphatic carbocycles. The molecule has 4 nitrogen and oxygen atoms in total. The number of hydrogen-bond acceptors (Lipinski definition) is 3. The minimum atomic E-state index is 1.03. The van der Waals surface area contributed by atoms with Gasteiger partial charge >= 0.3 is 0 Å². The zero-order valence-corrected chi connectivity index (χ0v) is 9.43. The van der Waals surface area contributed by atoms with Crippen molar-refractivity contribution in [2.24, 2.45) is 0 Å². The van der Waals surface area contributed by atoms with Gasteiger partial charge in [-0.2, -0.15) is 5.10 Å². The van der Waals surface area contributed by atoms with Gasteiger partial charge < -0.3 is 5.32 Å². The summed E-state index contributed by atoms with van der Waals surface area (Å²) in [5.74, 6) is 0. The van der Waals surface area contributed by atoms with Gasteiger partial charge in [-0.1, -0.05) is 13.3 Å². The third-order valence-corrected chi connectivity index (χ3v) is 2.41. The van der Waals surface area contributed by atoms with Crippen LogP contribution in [0.1, 0.15) is 19.8 Å². The predicted octanol–water partition coefficient (Wildman–Crippen LogP) is 2.48. The zero-order chi connectivity index (χ0) is 11.2. The lowest BCUT2D eigenvalue weighted by Crippen LogP contribution is -2.01. The van der Waals surface area contributed by atoms with E-state index in [0.29, 0.717) is 0 Å². The van der Waals surface area contributed by atoms with Gasteiger partial charge in [0.1, 0.15) is 12.7 Å². The smallest absolute Gasteiger partial charge is 0.138 e. The average molecular weight is 216 g/mol. The molecule has 2 rings (SSSR count). The van der Waals surface area contributed by atoms with Crippen LogP contribution in [0, 0.1) is 0 Å². The number of nitrogens with zero attached hydrogens (tertiary/aromatic N) is 3. The average Bonchev–Trinajstić information content (AvgIpc) is 2.84. The minimum Gasteiger partial charge on any atom is -0.385 e. The van der Waals surface area contributed by atoms with Crippen molar-refractivity contribution in [3.05, 3.63) is 36.9 Å². The monoisotopic (exact) mass is 216 g/mol. The first-order valence-corrected chi connectivity index (χ1v) is 5.59. The fourth-order valence-corrected chi connectivity index (χ4v) is 1.48. The van der Waals surface area contributed by atoms with Crippen LogP contribution < -0.4 is 5.32 Å². The SMILES string of the molecule is CCCCNc1ccc(-n2cncn2)cc1. The summed E-state index contributed by atoms with van der Waals surface area (Å²) in [6.07, 6.45) is 5.64. The number of unbranched alkanes of at least 4 members (excludes halogenated alkanes) is 1. The third-order valence-electron chi connectivity index (χ3n) is 2.41. The molecule has 0 saturated heterocycles. The van der Waals surface area contributed by atoms with E-state index >= 15 is 0 Å². The van der Waals surface area contributed by atoms with E-state index in [0.717, 1.165) is 17.9 Å². The van der Waals surface area contributed by atoms with Crippen LogP contribution in [0.15, 0.2) is 36.9 Å². The van der Waals surface area contributed by atoms with Crippen LogP contribution in [0.25, 0.3) is 5.69 Å². The van der Waals surface area contributed by atoms with E-state index < -0.39 is 0 Å². The quantitative estimate of drug-likeness (QED) is 0.781. The molecule has 2 aromatic rings. The summed E-state index contributed by atoms with van der Waals surface area (Å²) in [6, 6.07) is 8.19. The Morgan fingerprint density at radius 3 is 2.69 bits per heavy atom. The standard InChI is InChI=1S/C12H16N4/c1-2-3-8-14-11-4-6-12(7-5-11)16-10-13-9-15-16/h4-7,9-10,14H,2-3,8H2,1H3. The highest BCUT2D eigenvalue weighted by molar-refractivity contribution is 5.48. The Labute approximate surface area is 95.3 Å². The first-order chi connectivity index (χ1) is 7.90. The highest BCUT2D eigenvalue weighted by Crippen LogP contribution is 2.12. The first kappa shape index (κ1) is 10.7. The molecular formula is C12H16N4. The Kier molecular flexibility index (Phi) is 3.53. The maximum Gasteiger partial charge on any atom is 0.138 e. The van der Waals surface area contributed by atoms with Gasteiger partial charge in [-0.15, -0.1) is 0 Å². The lowest BCUT2D eigenvalue weighted by molar-refractivity contribution is 0.834. The number of aromatic nitrogens is 3. The molecule has 84 valence electrons. The van der Waals surface area contributed by atoms with Crippen LogP contribution in [-0.2, 0) is 0 Å². The summed E-state index contributed by atoms with van der Waals surface area (Å²) in [5.41, 5.74) is 2.18. The van der Waals surface area contributed by atoms with Crippen molar-refractivity contribution in [2.75, 3.05) is 11.9 Å². The largest absolute Gasteiger partial charge is 0.385 e. The zero-order valence-electron chi connectivity index (χ0n) is 9.43.